The van der Waals surface area contributed by atoms with Gasteiger partial charge in [0.25, 0.3) is 0 Å². The molecule has 5 rings (SSSR count). The van der Waals surface area contributed by atoms with Gasteiger partial charge in [-0.15, -0.1) is 0 Å². The molecule has 0 unspecified atom stereocenters. The van der Waals surface area contributed by atoms with Crippen LogP contribution in [0, 0.1) is 17.7 Å². The van der Waals surface area contributed by atoms with Crippen molar-refractivity contribution in [3.05, 3.63) is 66.0 Å². The highest BCUT2D eigenvalue weighted by atomic mass is 19.1. The number of nitrogens with zero attached hydrogens (tertiary/aromatic N) is 1. The van der Waals surface area contributed by atoms with Gasteiger partial charge in [0.1, 0.15) is 17.7 Å². The molecular formula is C25H28FNO3. The van der Waals surface area contributed by atoms with Crippen molar-refractivity contribution in [3.8, 4) is 5.75 Å². The van der Waals surface area contributed by atoms with Crippen LogP contribution in [-0.2, 0) is 14.9 Å². The van der Waals surface area contributed by atoms with E-state index in [0.717, 1.165) is 37.2 Å². The summed E-state index contributed by atoms with van der Waals surface area (Å²) in [5.74, 6) is 1.57. The lowest BCUT2D eigenvalue weighted by Crippen LogP contribution is -2.49. The van der Waals surface area contributed by atoms with Gasteiger partial charge in [-0.1, -0.05) is 30.3 Å². The summed E-state index contributed by atoms with van der Waals surface area (Å²) in [4.78, 5) is 15.9. The van der Waals surface area contributed by atoms with Crippen LogP contribution in [0.25, 0.3) is 0 Å². The van der Waals surface area contributed by atoms with E-state index in [4.69, 9.17) is 9.47 Å². The Labute approximate surface area is 177 Å². The molecule has 158 valence electrons. The molecule has 30 heavy (non-hydrogen) atoms. The molecule has 2 aliphatic heterocycles. The molecule has 1 amide bonds. The van der Waals surface area contributed by atoms with Crippen LogP contribution in [0.5, 0.6) is 5.75 Å². The number of amides is 1. The maximum Gasteiger partial charge on any atom is 0.233 e. The molecule has 3 atom stereocenters. The third-order valence-electron chi connectivity index (χ3n) is 7.24. The fourth-order valence-electron chi connectivity index (χ4n) is 5.64. The van der Waals surface area contributed by atoms with E-state index in [1.54, 1.807) is 6.07 Å². The van der Waals surface area contributed by atoms with Crippen LogP contribution < -0.4 is 4.74 Å². The number of hydrogen-bond donors (Lipinski definition) is 0. The smallest absolute Gasteiger partial charge is 0.233 e. The van der Waals surface area contributed by atoms with Gasteiger partial charge in [0.2, 0.25) is 5.91 Å². The topological polar surface area (TPSA) is 38.8 Å². The average Bonchev–Trinajstić information content (AvgIpc) is 3.36. The van der Waals surface area contributed by atoms with Crippen LogP contribution in [0.4, 0.5) is 4.39 Å². The summed E-state index contributed by atoms with van der Waals surface area (Å²) in [5.41, 5.74) is 0.0966. The summed E-state index contributed by atoms with van der Waals surface area (Å²) in [6, 6.07) is 16.5. The maximum atomic E-state index is 14.0. The third kappa shape index (κ3) is 3.49. The van der Waals surface area contributed by atoms with Gasteiger partial charge in [-0.25, -0.2) is 4.39 Å². The van der Waals surface area contributed by atoms with E-state index in [0.29, 0.717) is 37.9 Å². The molecular weight excluding hydrogens is 381 g/mol. The highest BCUT2D eigenvalue weighted by Crippen LogP contribution is 2.44. The second-order valence-electron chi connectivity index (χ2n) is 8.89. The zero-order valence-electron chi connectivity index (χ0n) is 17.1. The van der Waals surface area contributed by atoms with Crippen LogP contribution in [0.15, 0.2) is 54.6 Å². The zero-order valence-corrected chi connectivity index (χ0v) is 17.1. The van der Waals surface area contributed by atoms with Crippen LogP contribution in [0.2, 0.25) is 0 Å². The second kappa shape index (κ2) is 8.03. The van der Waals surface area contributed by atoms with E-state index in [-0.39, 0.29) is 17.8 Å². The number of rotatable bonds is 4. The molecule has 0 N–H and O–H groups in total. The number of ether oxygens (including phenoxy) is 2. The molecule has 0 aromatic heterocycles. The number of benzene rings is 2. The average molecular weight is 410 g/mol. The van der Waals surface area contributed by atoms with Gasteiger partial charge in [-0.05, 0) is 61.4 Å². The summed E-state index contributed by atoms with van der Waals surface area (Å²) in [5, 5.41) is 0. The van der Waals surface area contributed by atoms with Crippen LogP contribution in [0.1, 0.15) is 31.2 Å². The Hall–Kier alpha value is -2.40. The summed E-state index contributed by atoms with van der Waals surface area (Å²) in [6.07, 6.45) is 3.47. The number of carbonyl (C=O) groups is 1. The molecule has 2 aromatic carbocycles. The standard InChI is InChI=1S/C25H28FNO3/c26-20-6-4-5-19(15-20)25(11-13-29-14-12-25)24(28)27-16-18-9-10-23(22(18)17-27)30-21-7-2-1-3-8-21/h1-8,15,18,22-23H,9-14,16-17H2/t18-,22+,23-/m0/s1. The van der Waals surface area contributed by atoms with Crippen molar-refractivity contribution in [2.45, 2.75) is 37.2 Å². The van der Waals surface area contributed by atoms with Crippen molar-refractivity contribution in [3.63, 3.8) is 0 Å². The van der Waals surface area contributed by atoms with Crippen molar-refractivity contribution in [1.29, 1.82) is 0 Å². The summed E-state index contributed by atoms with van der Waals surface area (Å²) in [7, 11) is 0. The van der Waals surface area contributed by atoms with E-state index in [1.807, 2.05) is 41.3 Å². The lowest BCUT2D eigenvalue weighted by atomic mass is 9.73. The first-order valence-corrected chi connectivity index (χ1v) is 11.0. The van der Waals surface area contributed by atoms with Crippen molar-refractivity contribution < 1.29 is 18.7 Å². The predicted octanol–water partition coefficient (Wildman–Crippen LogP) is 4.19. The zero-order chi connectivity index (χ0) is 20.6. The maximum absolute atomic E-state index is 14.0. The molecule has 1 saturated carbocycles. The molecule has 2 saturated heterocycles. The fourth-order valence-corrected chi connectivity index (χ4v) is 5.64. The molecule has 0 bridgehead atoms. The molecule has 2 heterocycles. The Morgan fingerprint density at radius 3 is 2.60 bits per heavy atom. The van der Waals surface area contributed by atoms with Gasteiger partial charge in [0.15, 0.2) is 0 Å². The van der Waals surface area contributed by atoms with Gasteiger partial charge < -0.3 is 14.4 Å². The lowest BCUT2D eigenvalue weighted by Gasteiger charge is -2.39. The van der Waals surface area contributed by atoms with Crippen LogP contribution in [0.3, 0.4) is 0 Å². The van der Waals surface area contributed by atoms with Crippen LogP contribution in [-0.4, -0.2) is 43.2 Å². The Morgan fingerprint density at radius 1 is 1.03 bits per heavy atom. The number of hydrogen-bond acceptors (Lipinski definition) is 3. The second-order valence-corrected chi connectivity index (χ2v) is 8.89. The number of carbonyl (C=O) groups excluding carboxylic acids is 1. The van der Waals surface area contributed by atoms with Crippen molar-refractivity contribution in [2.75, 3.05) is 26.3 Å². The first-order chi connectivity index (χ1) is 14.7. The minimum Gasteiger partial charge on any atom is -0.490 e. The largest absolute Gasteiger partial charge is 0.490 e. The van der Waals surface area contributed by atoms with Crippen molar-refractivity contribution >= 4 is 5.91 Å². The highest BCUT2D eigenvalue weighted by Gasteiger charge is 2.50. The Morgan fingerprint density at radius 2 is 1.83 bits per heavy atom. The molecule has 2 aromatic rings. The minimum atomic E-state index is -0.686. The van der Waals surface area contributed by atoms with Gasteiger partial charge in [-0.3, -0.25) is 4.79 Å². The Balaban J connectivity index is 1.35. The molecule has 0 radical (unpaired) electrons. The van der Waals surface area contributed by atoms with Gasteiger partial charge in [-0.2, -0.15) is 0 Å². The highest BCUT2D eigenvalue weighted by molar-refractivity contribution is 5.88. The lowest BCUT2D eigenvalue weighted by molar-refractivity contribution is -0.140. The summed E-state index contributed by atoms with van der Waals surface area (Å²) in [6.45, 7) is 2.56. The number of fused-ring (bicyclic) bond motifs is 1. The van der Waals surface area contributed by atoms with Gasteiger partial charge in [0, 0.05) is 32.2 Å². The van der Waals surface area contributed by atoms with E-state index in [1.165, 1.54) is 12.1 Å². The molecule has 4 nitrogen and oxygen atoms in total. The first-order valence-electron chi connectivity index (χ1n) is 11.0. The van der Waals surface area contributed by atoms with E-state index >= 15 is 0 Å². The van der Waals surface area contributed by atoms with E-state index in [2.05, 4.69) is 0 Å². The first kappa shape index (κ1) is 19.6. The monoisotopic (exact) mass is 409 g/mol. The van der Waals surface area contributed by atoms with E-state index < -0.39 is 5.41 Å². The molecule has 1 aliphatic carbocycles. The normalized spacial score (nSPS) is 27.6. The Kier molecular flexibility index (Phi) is 5.23. The third-order valence-corrected chi connectivity index (χ3v) is 7.24. The molecule has 5 heteroatoms. The summed E-state index contributed by atoms with van der Waals surface area (Å²) < 4.78 is 25.8. The molecule has 3 aliphatic rings. The van der Waals surface area contributed by atoms with Crippen molar-refractivity contribution in [1.82, 2.24) is 4.90 Å². The van der Waals surface area contributed by atoms with Gasteiger partial charge >= 0.3 is 0 Å². The minimum absolute atomic E-state index is 0.129. The predicted molar refractivity (Wildman–Crippen MR) is 112 cm³/mol. The number of para-hydroxylation sites is 1. The molecule has 0 spiro atoms. The van der Waals surface area contributed by atoms with Crippen LogP contribution >= 0.6 is 0 Å². The number of likely N-dealkylation sites (tertiary alicyclic amines) is 1. The molecule has 3 fully saturated rings. The summed E-state index contributed by atoms with van der Waals surface area (Å²) >= 11 is 0. The quantitative estimate of drug-likeness (QED) is 0.760. The van der Waals surface area contributed by atoms with Gasteiger partial charge in [0.05, 0.1) is 5.41 Å². The van der Waals surface area contributed by atoms with E-state index in [9.17, 15) is 9.18 Å². The number of halogens is 1. The van der Waals surface area contributed by atoms with Crippen molar-refractivity contribution in [2.24, 2.45) is 11.8 Å². The SMILES string of the molecule is O=C(N1C[C@@H]2CC[C@H](Oc3ccccc3)[C@@H]2C1)C1(c2cccc(F)c2)CCOCC1. The fraction of sp³-hybridized carbons (Fsp3) is 0.480. The Bertz CT molecular complexity index is 896.